The lowest BCUT2D eigenvalue weighted by molar-refractivity contribution is -0.137. The number of nitrogens with one attached hydrogen (secondary N) is 2. The average Bonchev–Trinajstić information content (AvgIpc) is 3.32. The fraction of sp³-hybridized carbons (Fsp3) is 0.387. The molecule has 0 bridgehead atoms. The lowest BCUT2D eigenvalue weighted by Crippen LogP contribution is -2.49. The number of hydrogen-bond donors (Lipinski definition) is 5. The predicted molar refractivity (Wildman–Crippen MR) is 161 cm³/mol. The van der Waals surface area contributed by atoms with E-state index in [4.69, 9.17) is 0 Å². The monoisotopic (exact) mass is 623 g/mol. The van der Waals surface area contributed by atoms with Gasteiger partial charge in [0, 0.05) is 19.6 Å². The van der Waals surface area contributed by atoms with Crippen molar-refractivity contribution in [3.8, 4) is 0 Å². The second-order valence-corrected chi connectivity index (χ2v) is 12.8. The summed E-state index contributed by atoms with van der Waals surface area (Å²) in [6, 6.07) is 16.0. The molecule has 1 amide bonds. The van der Waals surface area contributed by atoms with Crippen molar-refractivity contribution in [3.63, 3.8) is 0 Å². The van der Waals surface area contributed by atoms with Gasteiger partial charge < -0.3 is 15.7 Å². The minimum Gasteiger partial charge on any atom is -0.390 e. The number of rotatable bonds is 12. The van der Waals surface area contributed by atoms with E-state index in [0.717, 1.165) is 24.1 Å². The highest BCUT2D eigenvalue weighted by Crippen LogP contribution is 2.52. The molecule has 0 aromatic heterocycles. The van der Waals surface area contributed by atoms with Crippen LogP contribution in [0.25, 0.3) is 0 Å². The van der Waals surface area contributed by atoms with Crippen molar-refractivity contribution in [1.82, 2.24) is 10.6 Å². The van der Waals surface area contributed by atoms with Gasteiger partial charge in [-0.05, 0) is 54.2 Å². The number of alkyl halides is 3. The van der Waals surface area contributed by atoms with E-state index in [0.29, 0.717) is 24.0 Å². The zero-order chi connectivity index (χ0) is 31.2. The van der Waals surface area contributed by atoms with E-state index in [1.54, 1.807) is 18.2 Å². The molecule has 1 fully saturated rings. The summed E-state index contributed by atoms with van der Waals surface area (Å²) in [5.41, 5.74) is 0.747. The van der Waals surface area contributed by atoms with Gasteiger partial charge in [0.1, 0.15) is 0 Å². The summed E-state index contributed by atoms with van der Waals surface area (Å²) in [7, 11) is -3.21. The zero-order valence-electron chi connectivity index (χ0n) is 23.8. The molecule has 3 aromatic rings. The van der Waals surface area contributed by atoms with Gasteiger partial charge in [0.25, 0.3) is 5.91 Å². The van der Waals surface area contributed by atoms with Crippen LogP contribution in [0, 0.1) is 5.82 Å². The molecular weight excluding hydrogens is 586 g/mol. The first-order valence-corrected chi connectivity index (χ1v) is 15.8. The van der Waals surface area contributed by atoms with Crippen LogP contribution in [0.4, 0.5) is 23.2 Å². The molecule has 234 valence electrons. The van der Waals surface area contributed by atoms with E-state index in [2.05, 4.69) is 10.6 Å². The molecule has 0 saturated carbocycles. The number of anilines is 1. The Kier molecular flexibility index (Phi) is 10.7. The van der Waals surface area contributed by atoms with Gasteiger partial charge in [-0.25, -0.2) is 4.39 Å². The van der Waals surface area contributed by atoms with Gasteiger partial charge in [-0.1, -0.05) is 61.9 Å². The molecule has 7 nitrogen and oxygen atoms in total. The fourth-order valence-electron chi connectivity index (χ4n) is 5.14. The van der Waals surface area contributed by atoms with Gasteiger partial charge in [-0.15, -0.1) is 10.8 Å². The Hall–Kier alpha value is -3.16. The number of carbonyl (C=O) groups excluding carboxylic acids is 1. The lowest BCUT2D eigenvalue weighted by Gasteiger charge is -2.38. The van der Waals surface area contributed by atoms with Crippen molar-refractivity contribution in [2.45, 2.75) is 57.5 Å². The maximum atomic E-state index is 15.9. The van der Waals surface area contributed by atoms with Crippen molar-refractivity contribution in [2.75, 3.05) is 23.1 Å². The molecule has 0 unspecified atom stereocenters. The number of amides is 1. The van der Waals surface area contributed by atoms with Gasteiger partial charge in [-0.3, -0.25) is 18.2 Å². The molecule has 4 rings (SSSR count). The Balaban J connectivity index is 1.54. The fourth-order valence-corrected chi connectivity index (χ4v) is 6.75. The van der Waals surface area contributed by atoms with Crippen molar-refractivity contribution in [3.05, 3.63) is 100 Å². The predicted octanol–water partition coefficient (Wildman–Crippen LogP) is 6.16. The second-order valence-electron chi connectivity index (χ2n) is 10.7. The van der Waals surface area contributed by atoms with Crippen LogP contribution in [0.3, 0.4) is 0 Å². The van der Waals surface area contributed by atoms with Gasteiger partial charge in [0.2, 0.25) is 0 Å². The summed E-state index contributed by atoms with van der Waals surface area (Å²) < 4.78 is 77.3. The van der Waals surface area contributed by atoms with Crippen LogP contribution < -0.4 is 14.9 Å². The molecule has 5 N–H and O–H groups in total. The standard InChI is InChI=1S/C31H37F4N3O4S/c1-2-8-22-16-25(29(32)27(18-22)38-13-7-14-43(38,41)42)30(40)37-26(17-21-9-4-3-5-10-21)28(39)20-36-19-23-11-6-12-24(15-23)31(33,34)35/h3-6,9-12,15-16,18,26,28,36,39,41-42H,2,7-8,13-14,17,19-20H2,1H3,(H,37,40)/t26-,28+/m0/s1. The summed E-state index contributed by atoms with van der Waals surface area (Å²) in [5.74, 6) is -1.54. The molecule has 3 aromatic carbocycles. The Morgan fingerprint density at radius 1 is 1.02 bits per heavy atom. The maximum absolute atomic E-state index is 15.9. The summed E-state index contributed by atoms with van der Waals surface area (Å²) >= 11 is 0. The van der Waals surface area contributed by atoms with Crippen molar-refractivity contribution < 1.29 is 36.6 Å². The van der Waals surface area contributed by atoms with E-state index in [9.17, 15) is 32.2 Å². The van der Waals surface area contributed by atoms with Gasteiger partial charge in [0.05, 0.1) is 34.7 Å². The molecule has 0 spiro atoms. The smallest absolute Gasteiger partial charge is 0.390 e. The second kappa shape index (κ2) is 14.1. The number of halogens is 4. The number of carbonyl (C=O) groups is 1. The highest BCUT2D eigenvalue weighted by atomic mass is 32.3. The molecule has 2 atom stereocenters. The summed E-state index contributed by atoms with van der Waals surface area (Å²) in [4.78, 5) is 13.6. The summed E-state index contributed by atoms with van der Waals surface area (Å²) in [6.45, 7) is 2.16. The molecular formula is C31H37F4N3O4S. The molecule has 0 aliphatic carbocycles. The normalized spacial score (nSPS) is 17.0. The van der Waals surface area contributed by atoms with Gasteiger partial charge in [-0.2, -0.15) is 13.2 Å². The van der Waals surface area contributed by atoms with Crippen molar-refractivity contribution in [2.24, 2.45) is 0 Å². The minimum absolute atomic E-state index is 0.0449. The number of aryl methyl sites for hydroxylation is 1. The lowest BCUT2D eigenvalue weighted by atomic mass is 9.99. The van der Waals surface area contributed by atoms with Crippen LogP contribution in [0.5, 0.6) is 0 Å². The van der Waals surface area contributed by atoms with E-state index < -0.39 is 46.4 Å². The van der Waals surface area contributed by atoms with Crippen molar-refractivity contribution in [1.29, 1.82) is 0 Å². The Bertz CT molecular complexity index is 1390. The first-order chi connectivity index (χ1) is 20.4. The maximum Gasteiger partial charge on any atom is 0.416 e. The molecule has 0 radical (unpaired) electrons. The van der Waals surface area contributed by atoms with E-state index in [1.807, 2.05) is 25.1 Å². The van der Waals surface area contributed by atoms with Crippen molar-refractivity contribution >= 4 is 22.4 Å². The summed E-state index contributed by atoms with van der Waals surface area (Å²) in [5, 5.41) is 16.8. The molecule has 12 heteroatoms. The van der Waals surface area contributed by atoms with Crippen LogP contribution in [-0.2, 0) is 25.6 Å². The van der Waals surface area contributed by atoms with Crippen LogP contribution in [0.2, 0.25) is 0 Å². The highest BCUT2D eigenvalue weighted by Gasteiger charge is 2.34. The third kappa shape index (κ3) is 8.48. The number of aliphatic hydroxyl groups excluding tert-OH is 1. The third-order valence-corrected chi connectivity index (χ3v) is 9.24. The number of hydrogen-bond acceptors (Lipinski definition) is 6. The molecule has 1 aliphatic heterocycles. The third-order valence-electron chi connectivity index (χ3n) is 7.31. The minimum atomic E-state index is -4.48. The highest BCUT2D eigenvalue weighted by molar-refractivity contribution is 8.25. The van der Waals surface area contributed by atoms with Crippen LogP contribution in [-0.4, -0.2) is 51.1 Å². The first-order valence-electron chi connectivity index (χ1n) is 14.1. The molecule has 1 aliphatic rings. The summed E-state index contributed by atoms with van der Waals surface area (Å²) in [6.07, 6.45) is -3.72. The average molecular weight is 624 g/mol. The van der Waals surface area contributed by atoms with Crippen LogP contribution in [0.1, 0.15) is 52.4 Å². The van der Waals surface area contributed by atoms with Gasteiger partial charge >= 0.3 is 6.18 Å². The Labute approximate surface area is 250 Å². The number of nitrogens with zero attached hydrogens (tertiary/aromatic N) is 1. The molecule has 1 saturated heterocycles. The Morgan fingerprint density at radius 3 is 2.40 bits per heavy atom. The molecule has 43 heavy (non-hydrogen) atoms. The zero-order valence-corrected chi connectivity index (χ0v) is 24.6. The van der Waals surface area contributed by atoms with E-state index >= 15 is 4.39 Å². The van der Waals surface area contributed by atoms with Crippen LogP contribution in [0.15, 0.2) is 66.7 Å². The number of aliphatic hydroxyl groups is 1. The quantitative estimate of drug-likeness (QED) is 0.155. The van der Waals surface area contributed by atoms with Crippen LogP contribution >= 0.6 is 10.8 Å². The van der Waals surface area contributed by atoms with E-state index in [-0.39, 0.29) is 43.1 Å². The Morgan fingerprint density at radius 2 is 1.74 bits per heavy atom. The van der Waals surface area contributed by atoms with E-state index in [1.165, 1.54) is 22.5 Å². The number of benzene rings is 3. The topological polar surface area (TPSA) is 105 Å². The van der Waals surface area contributed by atoms with Gasteiger partial charge in [0.15, 0.2) is 5.82 Å². The SMILES string of the molecule is CCCc1cc(C(=O)N[C@@H](Cc2ccccc2)[C@H](O)CNCc2cccc(C(F)(F)F)c2)c(F)c(N2CCCS2(O)O)c1. The first kappa shape index (κ1) is 32.7. The molecule has 1 heterocycles. The largest absolute Gasteiger partial charge is 0.416 e.